The fourth-order valence-corrected chi connectivity index (χ4v) is 3.12. The minimum absolute atomic E-state index is 0.0953. The van der Waals surface area contributed by atoms with Crippen LogP contribution in [0.3, 0.4) is 0 Å². The fourth-order valence-electron chi connectivity index (χ4n) is 2.25. The number of ether oxygens (including phenoxy) is 1. The summed E-state index contributed by atoms with van der Waals surface area (Å²) < 4.78 is 5.18. The summed E-state index contributed by atoms with van der Waals surface area (Å²) >= 11 is 1.14. The van der Waals surface area contributed by atoms with E-state index in [0.717, 1.165) is 22.5 Å². The topological polar surface area (TPSA) is 68.3 Å². The van der Waals surface area contributed by atoms with Crippen LogP contribution >= 0.6 is 11.3 Å². The maximum absolute atomic E-state index is 12.0. The van der Waals surface area contributed by atoms with Crippen molar-refractivity contribution in [3.8, 4) is 11.3 Å². The molecular weight excluding hydrogens is 336 g/mol. The molecule has 5 nitrogen and oxygen atoms in total. The Morgan fingerprint density at radius 3 is 2.32 bits per heavy atom. The summed E-state index contributed by atoms with van der Waals surface area (Å²) in [5.41, 5.74) is 2.29. The van der Waals surface area contributed by atoms with E-state index in [1.807, 2.05) is 60.7 Å². The molecule has 0 saturated carbocycles. The van der Waals surface area contributed by atoms with Crippen LogP contribution in [-0.4, -0.2) is 16.9 Å². The van der Waals surface area contributed by atoms with Crippen molar-refractivity contribution in [2.45, 2.75) is 13.5 Å². The summed E-state index contributed by atoms with van der Waals surface area (Å²) in [6, 6.07) is 18.8. The molecule has 0 unspecified atom stereocenters. The first-order chi connectivity index (χ1) is 12.1. The molecule has 1 heterocycles. The second-order valence-corrected chi connectivity index (χ2v) is 6.30. The first-order valence-electron chi connectivity index (χ1n) is 7.68. The van der Waals surface area contributed by atoms with Gasteiger partial charge in [0.2, 0.25) is 0 Å². The lowest BCUT2D eigenvalue weighted by atomic mass is 10.1. The Labute approximate surface area is 149 Å². The molecule has 0 aliphatic heterocycles. The van der Waals surface area contributed by atoms with E-state index in [1.165, 1.54) is 6.92 Å². The number of carbonyl (C=O) groups excluding carboxylic acids is 2. The molecule has 25 heavy (non-hydrogen) atoms. The average molecular weight is 352 g/mol. The third-order valence-electron chi connectivity index (χ3n) is 3.42. The first-order valence-corrected chi connectivity index (χ1v) is 8.50. The zero-order valence-corrected chi connectivity index (χ0v) is 14.4. The molecule has 0 aliphatic carbocycles. The van der Waals surface area contributed by atoms with Crippen molar-refractivity contribution < 1.29 is 14.3 Å². The van der Waals surface area contributed by atoms with Gasteiger partial charge in [0.15, 0.2) is 10.9 Å². The summed E-state index contributed by atoms with van der Waals surface area (Å²) in [6.45, 7) is 1.65. The van der Waals surface area contributed by atoms with Crippen molar-refractivity contribution >= 4 is 28.3 Å². The number of hydrogen-bond acceptors (Lipinski definition) is 5. The minimum atomic E-state index is -0.604. The number of ketones is 1. The van der Waals surface area contributed by atoms with Crippen LogP contribution in [0.4, 0.5) is 9.93 Å². The summed E-state index contributed by atoms with van der Waals surface area (Å²) in [5, 5.41) is 2.93. The lowest BCUT2D eigenvalue weighted by Crippen LogP contribution is -2.13. The molecule has 6 heteroatoms. The maximum atomic E-state index is 12.0. The number of anilines is 1. The molecule has 1 N–H and O–H groups in total. The third-order valence-corrected chi connectivity index (χ3v) is 4.49. The Morgan fingerprint density at radius 2 is 1.68 bits per heavy atom. The monoisotopic (exact) mass is 352 g/mol. The van der Waals surface area contributed by atoms with Gasteiger partial charge in [-0.2, -0.15) is 0 Å². The number of Topliss-reactive ketones (excluding diaryl/α,β-unsaturated/α-hetero) is 1. The van der Waals surface area contributed by atoms with Crippen molar-refractivity contribution in [3.63, 3.8) is 0 Å². The number of thiazole rings is 1. The molecule has 3 rings (SSSR count). The number of nitrogens with one attached hydrogen (secondary N) is 1. The van der Waals surface area contributed by atoms with Gasteiger partial charge >= 0.3 is 6.09 Å². The lowest BCUT2D eigenvalue weighted by molar-refractivity contribution is 0.102. The molecule has 0 fully saturated rings. The number of benzene rings is 2. The summed E-state index contributed by atoms with van der Waals surface area (Å²) in [4.78, 5) is 28.7. The van der Waals surface area contributed by atoms with Crippen molar-refractivity contribution in [2.24, 2.45) is 0 Å². The molecule has 1 aromatic heterocycles. The summed E-state index contributed by atoms with van der Waals surface area (Å²) in [7, 11) is 0. The predicted octanol–water partition coefficient (Wildman–Crippen LogP) is 4.76. The highest BCUT2D eigenvalue weighted by Gasteiger charge is 2.18. The van der Waals surface area contributed by atoms with Gasteiger partial charge in [0.25, 0.3) is 0 Å². The molecule has 0 bridgehead atoms. The molecule has 2 aromatic carbocycles. The lowest BCUT2D eigenvalue weighted by Gasteiger charge is -2.04. The summed E-state index contributed by atoms with van der Waals surface area (Å²) in [5.74, 6) is -0.0953. The second-order valence-electron chi connectivity index (χ2n) is 5.31. The number of hydrogen-bond donors (Lipinski definition) is 1. The highest BCUT2D eigenvalue weighted by molar-refractivity contribution is 7.18. The van der Waals surface area contributed by atoms with Gasteiger partial charge in [-0.3, -0.25) is 10.1 Å². The van der Waals surface area contributed by atoms with Crippen molar-refractivity contribution in [3.05, 3.63) is 71.1 Å². The van der Waals surface area contributed by atoms with E-state index >= 15 is 0 Å². The van der Waals surface area contributed by atoms with Crippen molar-refractivity contribution in [2.75, 3.05) is 5.32 Å². The number of nitrogens with zero attached hydrogens (tertiary/aromatic N) is 1. The Bertz CT molecular complexity index is 876. The van der Waals surface area contributed by atoms with Crippen LogP contribution in [0.25, 0.3) is 11.3 Å². The van der Waals surface area contributed by atoms with Crippen LogP contribution in [0.5, 0.6) is 0 Å². The van der Waals surface area contributed by atoms with Crippen LogP contribution in [0.15, 0.2) is 60.7 Å². The van der Waals surface area contributed by atoms with Crippen LogP contribution in [0.2, 0.25) is 0 Å². The highest BCUT2D eigenvalue weighted by Crippen LogP contribution is 2.31. The largest absolute Gasteiger partial charge is 0.444 e. The third kappa shape index (κ3) is 4.30. The van der Waals surface area contributed by atoms with Crippen molar-refractivity contribution in [1.82, 2.24) is 4.98 Å². The predicted molar refractivity (Wildman–Crippen MR) is 97.8 cm³/mol. The SMILES string of the molecule is CC(=O)c1sc(NC(=O)OCc2ccccc2)nc1-c1ccccc1. The number of aromatic nitrogens is 1. The van der Waals surface area contributed by atoms with Gasteiger partial charge in [0.05, 0.1) is 10.6 Å². The Morgan fingerprint density at radius 1 is 1.04 bits per heavy atom. The van der Waals surface area contributed by atoms with Crippen LogP contribution < -0.4 is 5.32 Å². The molecule has 0 radical (unpaired) electrons. The average Bonchev–Trinajstić information content (AvgIpc) is 3.06. The smallest absolute Gasteiger partial charge is 0.413 e. The van der Waals surface area contributed by atoms with Gasteiger partial charge < -0.3 is 4.74 Å². The normalized spacial score (nSPS) is 10.3. The van der Waals surface area contributed by atoms with Gasteiger partial charge in [-0.15, -0.1) is 0 Å². The van der Waals surface area contributed by atoms with Crippen LogP contribution in [-0.2, 0) is 11.3 Å². The molecular formula is C19H16N2O3S. The van der Waals surface area contributed by atoms with E-state index in [0.29, 0.717) is 15.7 Å². The van der Waals surface area contributed by atoms with E-state index in [9.17, 15) is 9.59 Å². The van der Waals surface area contributed by atoms with E-state index in [2.05, 4.69) is 10.3 Å². The quantitative estimate of drug-likeness (QED) is 0.672. The molecule has 3 aromatic rings. The molecule has 0 aliphatic rings. The van der Waals surface area contributed by atoms with Gasteiger partial charge in [-0.05, 0) is 5.56 Å². The van der Waals surface area contributed by atoms with E-state index in [-0.39, 0.29) is 12.4 Å². The zero-order chi connectivity index (χ0) is 17.6. The van der Waals surface area contributed by atoms with Gasteiger partial charge in [-0.1, -0.05) is 72.0 Å². The van der Waals surface area contributed by atoms with Gasteiger partial charge in [0.1, 0.15) is 6.61 Å². The number of amides is 1. The minimum Gasteiger partial charge on any atom is -0.444 e. The molecule has 126 valence electrons. The molecule has 0 atom stereocenters. The number of rotatable bonds is 5. The molecule has 0 spiro atoms. The molecule has 0 saturated heterocycles. The van der Waals surface area contributed by atoms with Crippen LogP contribution in [0.1, 0.15) is 22.2 Å². The Balaban J connectivity index is 1.72. The summed E-state index contributed by atoms with van der Waals surface area (Å²) in [6.07, 6.45) is -0.604. The Hall–Kier alpha value is -2.99. The second kappa shape index (κ2) is 7.72. The highest BCUT2D eigenvalue weighted by atomic mass is 32.1. The fraction of sp³-hybridized carbons (Fsp3) is 0.105. The maximum Gasteiger partial charge on any atom is 0.413 e. The van der Waals surface area contributed by atoms with Crippen LogP contribution in [0, 0.1) is 0 Å². The van der Waals surface area contributed by atoms with Gasteiger partial charge in [0, 0.05) is 12.5 Å². The van der Waals surface area contributed by atoms with Crippen molar-refractivity contribution in [1.29, 1.82) is 0 Å². The standard InChI is InChI=1S/C19H16N2O3S/c1-13(22)17-16(15-10-6-3-7-11-15)20-18(25-17)21-19(23)24-12-14-8-4-2-5-9-14/h2-11H,12H2,1H3,(H,20,21,23). The first kappa shape index (κ1) is 16.9. The molecule has 1 amide bonds. The number of carbonyl (C=O) groups is 2. The van der Waals surface area contributed by atoms with E-state index in [4.69, 9.17) is 4.74 Å². The van der Waals surface area contributed by atoms with Gasteiger partial charge in [-0.25, -0.2) is 9.78 Å². The van der Waals surface area contributed by atoms with E-state index in [1.54, 1.807) is 0 Å². The Kier molecular flexibility index (Phi) is 5.20. The van der Waals surface area contributed by atoms with E-state index < -0.39 is 6.09 Å². The zero-order valence-electron chi connectivity index (χ0n) is 13.6.